The summed E-state index contributed by atoms with van der Waals surface area (Å²) in [5.74, 6) is 0.669. The molecule has 6 heterocycles. The molecule has 0 spiro atoms. The molecule has 6 aromatic rings. The summed E-state index contributed by atoms with van der Waals surface area (Å²) in [6.07, 6.45) is 6.70. The third-order valence-corrected chi connectivity index (χ3v) is 12.0. The molecule has 3 aromatic carbocycles. The Bertz CT molecular complexity index is 2690. The predicted octanol–water partition coefficient (Wildman–Crippen LogP) is 4.38. The number of carbonyl (C=O) groups is 4. The van der Waals surface area contributed by atoms with E-state index in [1.165, 1.54) is 6.33 Å². The number of carbonyl (C=O) groups excluding carboxylic acids is 4. The van der Waals surface area contributed by atoms with Crippen LogP contribution in [0.15, 0.2) is 85.3 Å². The summed E-state index contributed by atoms with van der Waals surface area (Å²) in [7, 11) is 0. The first kappa shape index (κ1) is 44.1. The van der Waals surface area contributed by atoms with Crippen molar-refractivity contribution in [3.8, 4) is 22.8 Å². The zero-order chi connectivity index (χ0) is 45.4. The Balaban J connectivity index is 0.677. The number of nitrogens with one attached hydrogen (secondary N) is 1. The number of fused-ring (bicyclic) bond motifs is 2. The summed E-state index contributed by atoms with van der Waals surface area (Å²) in [5, 5.41) is 16.4. The quantitative estimate of drug-likeness (QED) is 0.0851. The summed E-state index contributed by atoms with van der Waals surface area (Å²) < 4.78 is 26.6. The van der Waals surface area contributed by atoms with Crippen LogP contribution in [0.2, 0.25) is 0 Å². The van der Waals surface area contributed by atoms with Crippen molar-refractivity contribution in [3.05, 3.63) is 108 Å². The maximum atomic E-state index is 13.7. The smallest absolute Gasteiger partial charge is 0.276 e. The third-order valence-electron chi connectivity index (χ3n) is 12.0. The molecular formula is C47H51N11O8. The van der Waals surface area contributed by atoms with Crippen molar-refractivity contribution in [2.45, 2.75) is 63.7 Å². The van der Waals surface area contributed by atoms with Gasteiger partial charge in [0.2, 0.25) is 11.8 Å². The lowest BCUT2D eigenvalue weighted by atomic mass is 10.00. The number of amides is 4. The van der Waals surface area contributed by atoms with Crippen LogP contribution in [0.4, 0.5) is 5.82 Å². The maximum Gasteiger partial charge on any atom is 0.276 e. The minimum Gasteiger partial charge on any atom is -0.457 e. The number of likely N-dealkylation sites (tertiary alicyclic amines) is 1. The Kier molecular flexibility index (Phi) is 13.6. The molecule has 3 aliphatic heterocycles. The lowest BCUT2D eigenvalue weighted by Gasteiger charge is -2.32. The number of para-hydroxylation sites is 1. The number of piperidine rings is 2. The molecule has 66 heavy (non-hydrogen) atoms. The number of rotatable bonds is 19. The maximum absolute atomic E-state index is 13.7. The highest BCUT2D eigenvalue weighted by atomic mass is 16.5. The first-order valence-corrected chi connectivity index (χ1v) is 22.3. The van der Waals surface area contributed by atoms with E-state index in [4.69, 9.17) is 29.8 Å². The van der Waals surface area contributed by atoms with Crippen molar-refractivity contribution < 1.29 is 38.1 Å². The molecule has 0 radical (unpaired) electrons. The highest BCUT2D eigenvalue weighted by molar-refractivity contribution is 6.05. The summed E-state index contributed by atoms with van der Waals surface area (Å²) in [6.45, 7) is 4.31. The second-order valence-electron chi connectivity index (χ2n) is 16.4. The molecule has 2 saturated heterocycles. The van der Waals surface area contributed by atoms with Crippen molar-refractivity contribution in [1.29, 1.82) is 0 Å². The number of imide groups is 1. The standard InChI is InChI=1S/C47H51N11O8/c48-43-41-42(32-13-15-35(16-14-32)66-34-10-2-1-3-11-34)53-58(44(41)50-30-49-43)33-9-5-19-55(27-33)47(62)38-29-56(54-52-38)20-22-64-24-26-65-25-23-63-21-6-8-31-7-4-12-36-37(31)28-57(46(36)61)39-17-18-40(59)51-45(39)60/h1-4,7,10-16,29-30,33,39H,5-6,8-9,17-28H2,(H2,48,49,50)(H,51,59,60)/t33-,39?/m1/s1. The van der Waals surface area contributed by atoms with E-state index in [0.29, 0.717) is 106 Å². The number of hydrogen-bond acceptors (Lipinski definition) is 14. The van der Waals surface area contributed by atoms with Crippen LogP contribution in [-0.2, 0) is 43.3 Å². The molecule has 0 saturated carbocycles. The highest BCUT2D eigenvalue weighted by Crippen LogP contribution is 2.35. The van der Waals surface area contributed by atoms with Crippen LogP contribution in [0, 0.1) is 0 Å². The number of aromatic nitrogens is 7. The average molecular weight is 898 g/mol. The Morgan fingerprint density at radius 2 is 1.62 bits per heavy atom. The van der Waals surface area contributed by atoms with Gasteiger partial charge < -0.3 is 34.5 Å². The van der Waals surface area contributed by atoms with E-state index >= 15 is 0 Å². The normalized spacial score (nSPS) is 17.4. The molecule has 3 N–H and O–H groups in total. The van der Waals surface area contributed by atoms with Gasteiger partial charge in [-0.1, -0.05) is 35.5 Å². The molecule has 2 fully saturated rings. The van der Waals surface area contributed by atoms with E-state index in [1.807, 2.05) is 71.4 Å². The molecule has 19 nitrogen and oxygen atoms in total. The van der Waals surface area contributed by atoms with Crippen LogP contribution >= 0.6 is 0 Å². The Labute approximate surface area is 380 Å². The van der Waals surface area contributed by atoms with Crippen LogP contribution in [0.1, 0.15) is 70.1 Å². The second-order valence-corrected chi connectivity index (χ2v) is 16.4. The first-order chi connectivity index (χ1) is 32.3. The summed E-state index contributed by atoms with van der Waals surface area (Å²) in [5.41, 5.74) is 11.4. The molecule has 3 aromatic heterocycles. The minimum absolute atomic E-state index is 0.149. The molecule has 2 atom stereocenters. The largest absolute Gasteiger partial charge is 0.457 e. The Hall–Kier alpha value is -7.09. The van der Waals surface area contributed by atoms with Gasteiger partial charge in [-0.25, -0.2) is 19.3 Å². The summed E-state index contributed by atoms with van der Waals surface area (Å²) in [4.78, 5) is 63.0. The van der Waals surface area contributed by atoms with E-state index in [-0.39, 0.29) is 35.9 Å². The van der Waals surface area contributed by atoms with Crippen molar-refractivity contribution in [2.24, 2.45) is 0 Å². The van der Waals surface area contributed by atoms with Gasteiger partial charge in [0.05, 0.1) is 57.2 Å². The van der Waals surface area contributed by atoms with Crippen LogP contribution in [0.3, 0.4) is 0 Å². The van der Waals surface area contributed by atoms with Gasteiger partial charge >= 0.3 is 0 Å². The topological polar surface area (TPSA) is 224 Å². The lowest BCUT2D eigenvalue weighted by Crippen LogP contribution is -2.52. The molecule has 342 valence electrons. The lowest BCUT2D eigenvalue weighted by molar-refractivity contribution is -0.136. The third kappa shape index (κ3) is 9.92. The zero-order valence-corrected chi connectivity index (χ0v) is 36.4. The van der Waals surface area contributed by atoms with E-state index < -0.39 is 11.9 Å². The molecule has 19 heteroatoms. The summed E-state index contributed by atoms with van der Waals surface area (Å²) >= 11 is 0. The van der Waals surface area contributed by atoms with E-state index in [9.17, 15) is 19.2 Å². The number of ether oxygens (including phenoxy) is 4. The van der Waals surface area contributed by atoms with Gasteiger partial charge in [-0.05, 0) is 85.7 Å². The zero-order valence-electron chi connectivity index (χ0n) is 36.4. The number of anilines is 1. The molecule has 4 amide bonds. The van der Waals surface area contributed by atoms with Gasteiger partial charge in [0.15, 0.2) is 11.3 Å². The molecule has 0 aliphatic carbocycles. The van der Waals surface area contributed by atoms with Crippen LogP contribution in [-0.4, -0.2) is 127 Å². The monoisotopic (exact) mass is 897 g/mol. The predicted molar refractivity (Wildman–Crippen MR) is 239 cm³/mol. The van der Waals surface area contributed by atoms with Crippen molar-refractivity contribution in [1.82, 2.24) is 49.9 Å². The number of nitrogens with zero attached hydrogens (tertiary/aromatic N) is 9. The first-order valence-electron chi connectivity index (χ1n) is 22.3. The van der Waals surface area contributed by atoms with Gasteiger partial charge in [-0.3, -0.25) is 24.5 Å². The molecule has 1 unspecified atom stereocenters. The van der Waals surface area contributed by atoms with Crippen LogP contribution < -0.4 is 15.8 Å². The highest BCUT2D eigenvalue weighted by Gasteiger charge is 2.39. The van der Waals surface area contributed by atoms with Gasteiger partial charge in [0, 0.05) is 43.8 Å². The Morgan fingerprint density at radius 1 is 0.848 bits per heavy atom. The van der Waals surface area contributed by atoms with E-state index in [0.717, 1.165) is 48.1 Å². The Morgan fingerprint density at radius 3 is 2.42 bits per heavy atom. The van der Waals surface area contributed by atoms with E-state index in [1.54, 1.807) is 26.7 Å². The number of hydrogen-bond donors (Lipinski definition) is 2. The number of benzene rings is 3. The molecule has 9 rings (SSSR count). The fourth-order valence-electron chi connectivity index (χ4n) is 8.71. The van der Waals surface area contributed by atoms with Crippen LogP contribution in [0.5, 0.6) is 11.5 Å². The van der Waals surface area contributed by atoms with Gasteiger partial charge in [0.25, 0.3) is 11.8 Å². The molecule has 0 bridgehead atoms. The van der Waals surface area contributed by atoms with Crippen molar-refractivity contribution >= 4 is 40.5 Å². The second kappa shape index (κ2) is 20.4. The summed E-state index contributed by atoms with van der Waals surface area (Å²) in [6, 6.07) is 22.1. The molecule has 3 aliphatic rings. The van der Waals surface area contributed by atoms with Gasteiger partial charge in [0.1, 0.15) is 35.4 Å². The fourth-order valence-corrected chi connectivity index (χ4v) is 8.71. The molecular weight excluding hydrogens is 847 g/mol. The SMILES string of the molecule is Nc1ncnc2c1c(-c1ccc(Oc3ccccc3)cc1)nn2[C@@H]1CCCN(C(=O)c2cn(CCOCCOCCOCCCc3cccc4c3CN(C3CCC(=O)NC3=O)C4=O)nn2)C1. The van der Waals surface area contributed by atoms with Crippen molar-refractivity contribution in [3.63, 3.8) is 0 Å². The van der Waals surface area contributed by atoms with E-state index in [2.05, 4.69) is 25.6 Å². The number of nitrogen functional groups attached to an aromatic ring is 1. The average Bonchev–Trinajstić information content (AvgIpc) is 4.07. The number of nitrogens with two attached hydrogens (primary N) is 1. The van der Waals surface area contributed by atoms with Gasteiger partial charge in [-0.2, -0.15) is 5.10 Å². The fraction of sp³-hybridized carbons (Fsp3) is 0.383. The van der Waals surface area contributed by atoms with Gasteiger partial charge in [-0.15, -0.1) is 5.10 Å². The van der Waals surface area contributed by atoms with Crippen molar-refractivity contribution in [2.75, 3.05) is 58.5 Å². The van der Waals surface area contributed by atoms with Crippen LogP contribution in [0.25, 0.3) is 22.3 Å². The number of aryl methyl sites for hydroxylation is 1. The minimum atomic E-state index is -0.631.